The van der Waals surface area contributed by atoms with Gasteiger partial charge in [0.1, 0.15) is 0 Å². The molecule has 3 rings (SSSR count). The Hall–Kier alpha value is -2.02. The lowest BCUT2D eigenvalue weighted by atomic mass is 10.1. The Labute approximate surface area is 160 Å². The molecule has 0 aromatic heterocycles. The standard InChI is InChI=1S/C18H14ClNO3S2/c1-22-14-5-3-4-11(16(14)23-2)10-15-17(21)20(18(24)25-15)13-8-6-12(19)7-9-13/h3-10H,1-2H3/b15-10-. The van der Waals surface area contributed by atoms with Crippen molar-refractivity contribution in [2.75, 3.05) is 19.1 Å². The van der Waals surface area contributed by atoms with Crippen LogP contribution in [0.15, 0.2) is 47.4 Å². The second-order valence-electron chi connectivity index (χ2n) is 5.08. The highest BCUT2D eigenvalue weighted by Crippen LogP contribution is 2.39. The van der Waals surface area contributed by atoms with Crippen LogP contribution in [0.5, 0.6) is 11.5 Å². The average Bonchev–Trinajstić information content (AvgIpc) is 2.89. The summed E-state index contributed by atoms with van der Waals surface area (Å²) in [5.41, 5.74) is 1.44. The molecule has 0 atom stereocenters. The quantitative estimate of drug-likeness (QED) is 0.554. The summed E-state index contributed by atoms with van der Waals surface area (Å²) in [7, 11) is 3.13. The normalized spacial score (nSPS) is 15.8. The molecule has 0 unspecified atom stereocenters. The van der Waals surface area contributed by atoms with Crippen LogP contribution in [0, 0.1) is 0 Å². The van der Waals surface area contributed by atoms with Gasteiger partial charge in [0, 0.05) is 10.6 Å². The van der Waals surface area contributed by atoms with Crippen LogP contribution in [0.4, 0.5) is 5.69 Å². The summed E-state index contributed by atoms with van der Waals surface area (Å²) in [4.78, 5) is 14.8. The number of methoxy groups -OCH3 is 2. The van der Waals surface area contributed by atoms with Crippen molar-refractivity contribution in [3.05, 3.63) is 58.0 Å². The Bertz CT molecular complexity index is 865. The number of thioether (sulfide) groups is 1. The van der Waals surface area contributed by atoms with Crippen molar-refractivity contribution in [1.82, 2.24) is 0 Å². The van der Waals surface area contributed by atoms with Gasteiger partial charge in [0.05, 0.1) is 24.8 Å². The molecule has 0 bridgehead atoms. The van der Waals surface area contributed by atoms with Gasteiger partial charge in [0.15, 0.2) is 15.8 Å². The van der Waals surface area contributed by atoms with Gasteiger partial charge in [-0.2, -0.15) is 0 Å². The zero-order chi connectivity index (χ0) is 18.0. The van der Waals surface area contributed by atoms with Crippen LogP contribution in [0.2, 0.25) is 5.02 Å². The molecule has 2 aromatic carbocycles. The molecule has 2 aromatic rings. The number of para-hydroxylation sites is 1. The van der Waals surface area contributed by atoms with E-state index in [1.807, 2.05) is 12.1 Å². The minimum Gasteiger partial charge on any atom is -0.493 e. The Morgan fingerprint density at radius 2 is 1.84 bits per heavy atom. The van der Waals surface area contributed by atoms with E-state index in [1.54, 1.807) is 50.6 Å². The first-order valence-electron chi connectivity index (χ1n) is 7.29. The fourth-order valence-corrected chi connectivity index (χ4v) is 3.86. The molecule has 0 radical (unpaired) electrons. The lowest BCUT2D eigenvalue weighted by molar-refractivity contribution is -0.113. The molecule has 1 fully saturated rings. The monoisotopic (exact) mass is 391 g/mol. The highest BCUT2D eigenvalue weighted by Gasteiger charge is 2.33. The van der Waals surface area contributed by atoms with Gasteiger partial charge in [-0.3, -0.25) is 9.69 Å². The van der Waals surface area contributed by atoms with Crippen LogP contribution >= 0.6 is 35.6 Å². The van der Waals surface area contributed by atoms with Gasteiger partial charge in [-0.05, 0) is 36.4 Å². The third-order valence-electron chi connectivity index (χ3n) is 3.60. The van der Waals surface area contributed by atoms with E-state index in [9.17, 15) is 4.79 Å². The molecule has 0 spiro atoms. The maximum Gasteiger partial charge on any atom is 0.270 e. The number of halogens is 1. The minimum atomic E-state index is -0.179. The summed E-state index contributed by atoms with van der Waals surface area (Å²) in [6, 6.07) is 12.5. The number of thiocarbonyl (C=S) groups is 1. The molecule has 1 aliphatic heterocycles. The number of ether oxygens (including phenoxy) is 2. The first-order chi connectivity index (χ1) is 12.0. The summed E-state index contributed by atoms with van der Waals surface area (Å²) in [6.45, 7) is 0. The number of amides is 1. The van der Waals surface area contributed by atoms with Gasteiger partial charge in [-0.1, -0.05) is 47.7 Å². The van der Waals surface area contributed by atoms with Crippen molar-refractivity contribution in [3.8, 4) is 11.5 Å². The van der Waals surface area contributed by atoms with E-state index >= 15 is 0 Å². The second-order valence-corrected chi connectivity index (χ2v) is 7.19. The van der Waals surface area contributed by atoms with Gasteiger partial charge >= 0.3 is 0 Å². The zero-order valence-corrected chi connectivity index (χ0v) is 15.9. The Kier molecular flexibility index (Phi) is 5.32. The maximum atomic E-state index is 12.8. The van der Waals surface area contributed by atoms with Crippen molar-refractivity contribution in [2.45, 2.75) is 0 Å². The molecule has 128 valence electrons. The molecule has 1 heterocycles. The van der Waals surface area contributed by atoms with E-state index in [0.717, 1.165) is 5.56 Å². The van der Waals surface area contributed by atoms with Gasteiger partial charge in [0.25, 0.3) is 5.91 Å². The SMILES string of the molecule is COc1cccc(/C=C2\SC(=S)N(c3ccc(Cl)cc3)C2=O)c1OC. The summed E-state index contributed by atoms with van der Waals surface area (Å²) in [6.07, 6.45) is 1.76. The molecule has 1 saturated heterocycles. The predicted molar refractivity (Wildman–Crippen MR) is 107 cm³/mol. The number of anilines is 1. The van der Waals surface area contributed by atoms with Crippen LogP contribution in [-0.2, 0) is 4.79 Å². The summed E-state index contributed by atoms with van der Waals surface area (Å²) >= 11 is 12.5. The van der Waals surface area contributed by atoms with E-state index in [1.165, 1.54) is 16.7 Å². The van der Waals surface area contributed by atoms with Crippen LogP contribution in [0.3, 0.4) is 0 Å². The third kappa shape index (κ3) is 3.51. The largest absolute Gasteiger partial charge is 0.493 e. The molecule has 0 N–H and O–H groups in total. The molecule has 25 heavy (non-hydrogen) atoms. The van der Waals surface area contributed by atoms with Crippen LogP contribution in [-0.4, -0.2) is 24.4 Å². The average molecular weight is 392 g/mol. The Morgan fingerprint density at radius 1 is 1.12 bits per heavy atom. The smallest absolute Gasteiger partial charge is 0.270 e. The molecule has 1 amide bonds. The highest BCUT2D eigenvalue weighted by molar-refractivity contribution is 8.27. The summed E-state index contributed by atoms with van der Waals surface area (Å²) in [5, 5.41) is 0.603. The fraction of sp³-hybridized carbons (Fsp3) is 0.111. The van der Waals surface area contributed by atoms with E-state index in [4.69, 9.17) is 33.3 Å². The Balaban J connectivity index is 1.97. The van der Waals surface area contributed by atoms with Crippen LogP contribution in [0.1, 0.15) is 5.56 Å². The molecule has 0 saturated carbocycles. The van der Waals surface area contributed by atoms with Crippen LogP contribution in [0.25, 0.3) is 6.08 Å². The number of carbonyl (C=O) groups excluding carboxylic acids is 1. The summed E-state index contributed by atoms with van der Waals surface area (Å²) in [5.74, 6) is 0.994. The lowest BCUT2D eigenvalue weighted by Gasteiger charge is -2.14. The molecule has 0 aliphatic carbocycles. The molecule has 4 nitrogen and oxygen atoms in total. The highest BCUT2D eigenvalue weighted by atomic mass is 35.5. The Morgan fingerprint density at radius 3 is 2.48 bits per heavy atom. The lowest BCUT2D eigenvalue weighted by Crippen LogP contribution is -2.27. The minimum absolute atomic E-state index is 0.179. The van der Waals surface area contributed by atoms with Crippen molar-refractivity contribution in [3.63, 3.8) is 0 Å². The second kappa shape index (κ2) is 7.47. The predicted octanol–water partition coefficient (Wildman–Crippen LogP) is 4.76. The van der Waals surface area contributed by atoms with Crippen LogP contribution < -0.4 is 14.4 Å². The van der Waals surface area contributed by atoms with Gasteiger partial charge in [-0.15, -0.1) is 0 Å². The maximum absolute atomic E-state index is 12.8. The fourth-order valence-electron chi connectivity index (χ4n) is 2.45. The number of benzene rings is 2. The zero-order valence-electron chi connectivity index (χ0n) is 13.5. The van der Waals surface area contributed by atoms with E-state index in [2.05, 4.69) is 0 Å². The topological polar surface area (TPSA) is 38.8 Å². The van der Waals surface area contributed by atoms with E-state index in [-0.39, 0.29) is 5.91 Å². The van der Waals surface area contributed by atoms with Crippen molar-refractivity contribution in [1.29, 1.82) is 0 Å². The number of carbonyl (C=O) groups is 1. The van der Waals surface area contributed by atoms with E-state index < -0.39 is 0 Å². The summed E-state index contributed by atoms with van der Waals surface area (Å²) < 4.78 is 11.2. The first-order valence-corrected chi connectivity index (χ1v) is 8.90. The number of hydrogen-bond donors (Lipinski definition) is 0. The third-order valence-corrected chi connectivity index (χ3v) is 5.15. The number of rotatable bonds is 4. The van der Waals surface area contributed by atoms with Crippen molar-refractivity contribution >= 4 is 57.6 Å². The van der Waals surface area contributed by atoms with Crippen molar-refractivity contribution in [2.24, 2.45) is 0 Å². The molecule has 7 heteroatoms. The van der Waals surface area contributed by atoms with Gasteiger partial charge < -0.3 is 9.47 Å². The number of nitrogens with zero attached hydrogens (tertiary/aromatic N) is 1. The van der Waals surface area contributed by atoms with Crippen molar-refractivity contribution < 1.29 is 14.3 Å². The molecule has 1 aliphatic rings. The first kappa shape index (κ1) is 17.8. The molecular weight excluding hydrogens is 378 g/mol. The van der Waals surface area contributed by atoms with E-state index in [0.29, 0.717) is 31.4 Å². The number of hydrogen-bond acceptors (Lipinski definition) is 5. The van der Waals surface area contributed by atoms with Gasteiger partial charge in [-0.25, -0.2) is 0 Å². The molecular formula is C18H14ClNO3S2. The van der Waals surface area contributed by atoms with Gasteiger partial charge in [0.2, 0.25) is 0 Å².